The number of hydrogen-bond donors (Lipinski definition) is 1. The van der Waals surface area contributed by atoms with Gasteiger partial charge in [-0.05, 0) is 44.5 Å². The number of nitrogens with one attached hydrogen (secondary N) is 1. The van der Waals surface area contributed by atoms with Crippen LogP contribution in [-0.2, 0) is 0 Å². The molecule has 0 bridgehead atoms. The minimum atomic E-state index is -0.196. The molecule has 2 aromatic carbocycles. The van der Waals surface area contributed by atoms with E-state index in [1.165, 1.54) is 6.07 Å². The predicted octanol–water partition coefficient (Wildman–Crippen LogP) is 4.62. The minimum Gasteiger partial charge on any atom is -0.496 e. The number of halogens is 1. The molecule has 0 fully saturated rings. The molecule has 0 saturated carbocycles. The maximum absolute atomic E-state index is 13.6. The highest BCUT2D eigenvalue weighted by molar-refractivity contribution is 5.53. The topological polar surface area (TPSA) is 21.3 Å². The molecule has 0 aliphatic rings. The Bertz CT molecular complexity index is 610. The third-order valence-electron chi connectivity index (χ3n) is 3.50. The molecule has 1 N–H and O–H groups in total. The Morgan fingerprint density at radius 3 is 2.60 bits per heavy atom. The Morgan fingerprint density at radius 1 is 1.15 bits per heavy atom. The quantitative estimate of drug-likeness (QED) is 0.877. The lowest BCUT2D eigenvalue weighted by atomic mass is 10.0. The van der Waals surface area contributed by atoms with Gasteiger partial charge in [-0.25, -0.2) is 4.39 Å². The lowest BCUT2D eigenvalue weighted by Crippen LogP contribution is -2.09. The molecule has 0 heterocycles. The first-order valence-corrected chi connectivity index (χ1v) is 6.69. The molecule has 2 nitrogen and oxygen atoms in total. The lowest BCUT2D eigenvalue weighted by Gasteiger charge is -2.20. The maximum Gasteiger partial charge on any atom is 0.128 e. The van der Waals surface area contributed by atoms with Crippen molar-refractivity contribution >= 4 is 5.69 Å². The zero-order valence-corrected chi connectivity index (χ0v) is 12.3. The standard InChI is InChI=1S/C17H20FNO/c1-11-8-9-14(17(10-11)20-4)13(3)19-16-7-5-6-15(18)12(16)2/h5-10,13,19H,1-4H3. The molecule has 1 atom stereocenters. The van der Waals surface area contributed by atoms with Gasteiger partial charge in [0.1, 0.15) is 11.6 Å². The Hall–Kier alpha value is -2.03. The van der Waals surface area contributed by atoms with E-state index in [0.717, 1.165) is 22.6 Å². The van der Waals surface area contributed by atoms with Crippen LogP contribution < -0.4 is 10.1 Å². The van der Waals surface area contributed by atoms with Gasteiger partial charge < -0.3 is 10.1 Å². The highest BCUT2D eigenvalue weighted by Crippen LogP contribution is 2.30. The number of benzene rings is 2. The van der Waals surface area contributed by atoms with Gasteiger partial charge in [-0.2, -0.15) is 0 Å². The van der Waals surface area contributed by atoms with Crippen LogP contribution in [0.3, 0.4) is 0 Å². The van der Waals surface area contributed by atoms with Gasteiger partial charge >= 0.3 is 0 Å². The average molecular weight is 273 g/mol. The molecule has 0 aromatic heterocycles. The third kappa shape index (κ3) is 2.93. The monoisotopic (exact) mass is 273 g/mol. The zero-order valence-electron chi connectivity index (χ0n) is 12.3. The van der Waals surface area contributed by atoms with E-state index in [2.05, 4.69) is 11.4 Å². The Morgan fingerprint density at radius 2 is 1.90 bits per heavy atom. The normalized spacial score (nSPS) is 12.1. The molecule has 0 aliphatic carbocycles. The lowest BCUT2D eigenvalue weighted by molar-refractivity contribution is 0.407. The van der Waals surface area contributed by atoms with Gasteiger partial charge in [-0.1, -0.05) is 18.2 Å². The zero-order chi connectivity index (χ0) is 14.7. The van der Waals surface area contributed by atoms with Crippen molar-refractivity contribution in [2.24, 2.45) is 0 Å². The van der Waals surface area contributed by atoms with E-state index < -0.39 is 0 Å². The van der Waals surface area contributed by atoms with Crippen LogP contribution in [0.1, 0.15) is 29.7 Å². The molecular formula is C17H20FNO. The van der Waals surface area contributed by atoms with Crippen LogP contribution in [0.25, 0.3) is 0 Å². The molecule has 2 rings (SSSR count). The second kappa shape index (κ2) is 5.95. The molecule has 3 heteroatoms. The van der Waals surface area contributed by atoms with E-state index in [9.17, 15) is 4.39 Å². The van der Waals surface area contributed by atoms with Crippen molar-refractivity contribution in [3.05, 3.63) is 58.9 Å². The van der Waals surface area contributed by atoms with E-state index in [1.54, 1.807) is 20.1 Å². The van der Waals surface area contributed by atoms with Gasteiger partial charge in [0.2, 0.25) is 0 Å². The summed E-state index contributed by atoms with van der Waals surface area (Å²) in [4.78, 5) is 0. The van der Waals surface area contributed by atoms with Crippen molar-refractivity contribution < 1.29 is 9.13 Å². The predicted molar refractivity (Wildman–Crippen MR) is 80.9 cm³/mol. The Balaban J connectivity index is 2.28. The van der Waals surface area contributed by atoms with E-state index in [1.807, 2.05) is 32.0 Å². The molecule has 0 saturated heterocycles. The number of hydrogen-bond acceptors (Lipinski definition) is 2. The summed E-state index contributed by atoms with van der Waals surface area (Å²) in [5, 5.41) is 3.34. The molecule has 0 amide bonds. The van der Waals surface area contributed by atoms with Crippen LogP contribution >= 0.6 is 0 Å². The summed E-state index contributed by atoms with van der Waals surface area (Å²) < 4.78 is 19.0. The van der Waals surface area contributed by atoms with Gasteiger partial charge in [0, 0.05) is 16.8 Å². The Labute approximate surface area is 119 Å². The van der Waals surface area contributed by atoms with Gasteiger partial charge in [0.15, 0.2) is 0 Å². The summed E-state index contributed by atoms with van der Waals surface area (Å²) >= 11 is 0. The largest absolute Gasteiger partial charge is 0.496 e. The minimum absolute atomic E-state index is 0.0334. The second-order valence-electron chi connectivity index (χ2n) is 5.02. The first-order valence-electron chi connectivity index (χ1n) is 6.69. The van der Waals surface area contributed by atoms with E-state index in [4.69, 9.17) is 4.74 Å². The molecule has 20 heavy (non-hydrogen) atoms. The second-order valence-corrected chi connectivity index (χ2v) is 5.02. The maximum atomic E-state index is 13.6. The summed E-state index contributed by atoms with van der Waals surface area (Å²) in [6.45, 7) is 5.84. The van der Waals surface area contributed by atoms with Gasteiger partial charge in [0.25, 0.3) is 0 Å². The van der Waals surface area contributed by atoms with Crippen LogP contribution in [0.2, 0.25) is 0 Å². The number of methoxy groups -OCH3 is 1. The summed E-state index contributed by atoms with van der Waals surface area (Å²) in [6, 6.07) is 11.2. The van der Waals surface area contributed by atoms with E-state index in [-0.39, 0.29) is 11.9 Å². The van der Waals surface area contributed by atoms with Gasteiger partial charge in [-0.15, -0.1) is 0 Å². The highest BCUT2D eigenvalue weighted by Gasteiger charge is 2.13. The molecule has 106 valence electrons. The van der Waals surface area contributed by atoms with Crippen molar-refractivity contribution in [1.82, 2.24) is 0 Å². The van der Waals surface area contributed by atoms with Crippen molar-refractivity contribution in [1.29, 1.82) is 0 Å². The summed E-state index contributed by atoms with van der Waals surface area (Å²) in [7, 11) is 1.67. The van der Waals surface area contributed by atoms with Crippen LogP contribution in [-0.4, -0.2) is 7.11 Å². The SMILES string of the molecule is COc1cc(C)ccc1C(C)Nc1cccc(F)c1C. The summed E-state index contributed by atoms with van der Waals surface area (Å²) in [5.41, 5.74) is 3.65. The fraction of sp³-hybridized carbons (Fsp3) is 0.294. The van der Waals surface area contributed by atoms with Gasteiger partial charge in [-0.3, -0.25) is 0 Å². The fourth-order valence-corrected chi connectivity index (χ4v) is 2.25. The van der Waals surface area contributed by atoms with Crippen LogP contribution in [0, 0.1) is 19.7 Å². The smallest absolute Gasteiger partial charge is 0.128 e. The Kier molecular flexibility index (Phi) is 4.28. The van der Waals surface area contributed by atoms with Crippen LogP contribution in [0.5, 0.6) is 5.75 Å². The average Bonchev–Trinajstić information content (AvgIpc) is 2.43. The number of rotatable bonds is 4. The number of ether oxygens (including phenoxy) is 1. The molecule has 1 unspecified atom stereocenters. The van der Waals surface area contributed by atoms with Gasteiger partial charge in [0.05, 0.1) is 13.2 Å². The molecule has 0 radical (unpaired) electrons. The number of anilines is 1. The first-order chi connectivity index (χ1) is 9.52. The van der Waals surface area contributed by atoms with E-state index >= 15 is 0 Å². The summed E-state index contributed by atoms with van der Waals surface area (Å²) in [5.74, 6) is 0.650. The molecule has 2 aromatic rings. The van der Waals surface area contributed by atoms with Crippen molar-refractivity contribution in [3.8, 4) is 5.75 Å². The van der Waals surface area contributed by atoms with Crippen molar-refractivity contribution in [3.63, 3.8) is 0 Å². The summed E-state index contributed by atoms with van der Waals surface area (Å²) in [6.07, 6.45) is 0. The number of aryl methyl sites for hydroxylation is 1. The molecule has 0 spiro atoms. The molecule has 0 aliphatic heterocycles. The molecular weight excluding hydrogens is 253 g/mol. The highest BCUT2D eigenvalue weighted by atomic mass is 19.1. The van der Waals surface area contributed by atoms with E-state index in [0.29, 0.717) is 5.56 Å². The van der Waals surface area contributed by atoms with Crippen LogP contribution in [0.15, 0.2) is 36.4 Å². The first kappa shape index (κ1) is 14.4. The van der Waals surface area contributed by atoms with Crippen LogP contribution in [0.4, 0.5) is 10.1 Å². The third-order valence-corrected chi connectivity index (χ3v) is 3.50. The van der Waals surface area contributed by atoms with Crippen molar-refractivity contribution in [2.45, 2.75) is 26.8 Å². The van der Waals surface area contributed by atoms with Crippen molar-refractivity contribution in [2.75, 3.05) is 12.4 Å². The fourth-order valence-electron chi connectivity index (χ4n) is 2.25.